The fraction of sp³-hybridized carbons (Fsp3) is 0.192. The highest BCUT2D eigenvalue weighted by Gasteiger charge is 2.31. The molecule has 0 atom stereocenters. The molecule has 0 unspecified atom stereocenters. The van der Waals surface area contributed by atoms with E-state index in [1.165, 1.54) is 23.2 Å². The first-order valence-corrected chi connectivity index (χ1v) is 14.2. The zero-order valence-electron chi connectivity index (χ0n) is 20.5. The van der Waals surface area contributed by atoms with Crippen molar-refractivity contribution in [3.8, 4) is 11.4 Å². The van der Waals surface area contributed by atoms with Crippen molar-refractivity contribution in [1.29, 1.82) is 0 Å². The number of aromatic nitrogens is 2. The molecular formula is C26H22F3N5O3S2. The first kappa shape index (κ1) is 26.9. The Morgan fingerprint density at radius 1 is 1.00 bits per heavy atom. The molecule has 0 saturated carbocycles. The molecule has 5 rings (SSSR count). The Morgan fingerprint density at radius 2 is 1.77 bits per heavy atom. The Morgan fingerprint density at radius 3 is 2.51 bits per heavy atom. The van der Waals surface area contributed by atoms with Crippen LogP contribution < -0.4 is 4.72 Å². The van der Waals surface area contributed by atoms with Crippen molar-refractivity contribution in [3.63, 3.8) is 0 Å². The zero-order chi connectivity index (χ0) is 27.8. The Kier molecular flexibility index (Phi) is 7.23. The number of fused-ring (bicyclic) bond motifs is 1. The van der Waals surface area contributed by atoms with Crippen molar-refractivity contribution in [1.82, 2.24) is 19.3 Å². The normalized spacial score (nSPS) is 14.6. The number of halogens is 3. The van der Waals surface area contributed by atoms with E-state index in [0.717, 1.165) is 29.4 Å². The zero-order valence-corrected chi connectivity index (χ0v) is 22.1. The molecule has 1 amide bonds. The van der Waals surface area contributed by atoms with Gasteiger partial charge >= 0.3 is 11.4 Å². The third-order valence-corrected chi connectivity index (χ3v) is 8.47. The number of rotatable bonds is 7. The third kappa shape index (κ3) is 5.70. The highest BCUT2D eigenvalue weighted by atomic mass is 32.2. The Labute approximate surface area is 226 Å². The van der Waals surface area contributed by atoms with Gasteiger partial charge in [0.25, 0.3) is 0 Å². The molecule has 8 nitrogen and oxygen atoms in total. The lowest BCUT2D eigenvalue weighted by Crippen LogP contribution is -2.37. The summed E-state index contributed by atoms with van der Waals surface area (Å²) in [6.07, 6.45) is -4.46. The molecule has 13 heteroatoms. The number of amides is 1. The number of alkyl halides is 3. The third-order valence-electron chi connectivity index (χ3n) is 6.12. The van der Waals surface area contributed by atoms with E-state index >= 15 is 0 Å². The number of aryl methyl sites for hydroxylation is 1. The van der Waals surface area contributed by atoms with Gasteiger partial charge in [0.05, 0.1) is 33.7 Å². The minimum absolute atomic E-state index is 0.0278. The molecular weight excluding hydrogens is 551 g/mol. The minimum Gasteiger partial charge on any atom is -0.327 e. The molecule has 0 radical (unpaired) electrons. The van der Waals surface area contributed by atoms with Gasteiger partial charge in [0.15, 0.2) is 0 Å². The summed E-state index contributed by atoms with van der Waals surface area (Å²) >= 11 is 1.04. The number of hydrazone groups is 1. The van der Waals surface area contributed by atoms with Gasteiger partial charge in [0.1, 0.15) is 5.82 Å². The van der Waals surface area contributed by atoms with Gasteiger partial charge in [-0.15, -0.1) is 0 Å². The van der Waals surface area contributed by atoms with Crippen molar-refractivity contribution in [2.45, 2.75) is 11.1 Å². The molecule has 4 aromatic rings. The summed E-state index contributed by atoms with van der Waals surface area (Å²) < 4.78 is 68.7. The van der Waals surface area contributed by atoms with Crippen LogP contribution in [-0.4, -0.2) is 52.8 Å². The molecule has 39 heavy (non-hydrogen) atoms. The summed E-state index contributed by atoms with van der Waals surface area (Å²) in [6.45, 7) is 0.00680. The highest BCUT2D eigenvalue weighted by molar-refractivity contribution is 8.14. The van der Waals surface area contributed by atoms with Gasteiger partial charge in [-0.2, -0.15) is 18.3 Å². The van der Waals surface area contributed by atoms with Gasteiger partial charge in [-0.05, 0) is 36.4 Å². The number of hydrogen-bond acceptors (Lipinski definition) is 6. The molecule has 3 aromatic carbocycles. The van der Waals surface area contributed by atoms with Crippen LogP contribution in [0.3, 0.4) is 0 Å². The second kappa shape index (κ2) is 10.5. The summed E-state index contributed by atoms with van der Waals surface area (Å²) in [4.78, 5) is 17.1. The number of benzene rings is 3. The van der Waals surface area contributed by atoms with Gasteiger partial charge in [0, 0.05) is 30.5 Å². The summed E-state index contributed by atoms with van der Waals surface area (Å²) in [5, 5.41) is 5.36. The van der Waals surface area contributed by atoms with E-state index in [4.69, 9.17) is 0 Å². The number of nitrogens with one attached hydrogen (secondary N) is 1. The predicted molar refractivity (Wildman–Crippen MR) is 144 cm³/mol. The van der Waals surface area contributed by atoms with Crippen LogP contribution in [0.15, 0.2) is 82.8 Å². The fourth-order valence-electron chi connectivity index (χ4n) is 4.14. The van der Waals surface area contributed by atoms with Crippen LogP contribution in [0.4, 0.5) is 18.0 Å². The Hall–Kier alpha value is -3.68. The van der Waals surface area contributed by atoms with Crippen molar-refractivity contribution in [2.75, 3.05) is 18.8 Å². The predicted octanol–water partition coefficient (Wildman–Crippen LogP) is 5.11. The maximum Gasteiger partial charge on any atom is 0.416 e. The molecule has 1 N–H and O–H groups in total. The number of sulfonamides is 1. The maximum atomic E-state index is 13.2. The lowest BCUT2D eigenvalue weighted by Gasteiger charge is -2.23. The number of nitrogens with zero attached hydrogens (tertiary/aromatic N) is 4. The summed E-state index contributed by atoms with van der Waals surface area (Å²) in [5.41, 5.74) is 2.17. The topological polar surface area (TPSA) is 96.7 Å². The minimum atomic E-state index is -4.46. The molecule has 202 valence electrons. The van der Waals surface area contributed by atoms with Crippen LogP contribution in [0.25, 0.3) is 22.4 Å². The largest absolute Gasteiger partial charge is 0.416 e. The molecule has 2 heterocycles. The maximum absolute atomic E-state index is 13.2. The first-order valence-electron chi connectivity index (χ1n) is 11.7. The van der Waals surface area contributed by atoms with Crippen molar-refractivity contribution < 1.29 is 26.4 Å². The van der Waals surface area contributed by atoms with Gasteiger partial charge in [0.2, 0.25) is 10.0 Å². The molecule has 1 aliphatic rings. The van der Waals surface area contributed by atoms with Crippen molar-refractivity contribution in [3.05, 3.63) is 83.9 Å². The lowest BCUT2D eigenvalue weighted by atomic mass is 10.1. The summed E-state index contributed by atoms with van der Waals surface area (Å²) in [7, 11) is -1.99. The van der Waals surface area contributed by atoms with E-state index in [1.807, 2.05) is 6.07 Å². The lowest BCUT2D eigenvalue weighted by molar-refractivity contribution is -0.137. The number of carbonyl (C=O) groups is 1. The number of hydrogen-bond donors (Lipinski definition) is 1. The van der Waals surface area contributed by atoms with E-state index in [0.29, 0.717) is 33.9 Å². The Balaban J connectivity index is 1.37. The van der Waals surface area contributed by atoms with Gasteiger partial charge < -0.3 is 4.57 Å². The Bertz CT molecular complexity index is 1690. The van der Waals surface area contributed by atoms with Crippen molar-refractivity contribution in [2.24, 2.45) is 12.1 Å². The van der Waals surface area contributed by atoms with Crippen LogP contribution >= 0.6 is 11.8 Å². The van der Waals surface area contributed by atoms with Crippen LogP contribution in [0.2, 0.25) is 0 Å². The van der Waals surface area contributed by atoms with E-state index in [1.54, 1.807) is 48.0 Å². The monoisotopic (exact) mass is 573 g/mol. The van der Waals surface area contributed by atoms with Crippen LogP contribution in [0.5, 0.6) is 0 Å². The number of imidazole rings is 1. The standard InChI is InChI=1S/C26H22F3N5O3S2/c1-33-23-11-10-17(15-21(23)31-24(33)18-6-5-7-19(14-18)26(27,28)29)22-16-38-25(35)34(32-22)13-12-30-39(36,37)20-8-3-2-4-9-20/h2-11,14-15,30H,12-13,16H2,1H3. The van der Waals surface area contributed by atoms with E-state index in [2.05, 4.69) is 14.8 Å². The molecule has 0 fully saturated rings. The van der Waals surface area contributed by atoms with Crippen LogP contribution in [0, 0.1) is 0 Å². The fourth-order valence-corrected chi connectivity index (χ4v) is 5.95. The molecule has 0 saturated heterocycles. The highest BCUT2D eigenvalue weighted by Crippen LogP contribution is 2.33. The van der Waals surface area contributed by atoms with Gasteiger partial charge in [-0.3, -0.25) is 4.79 Å². The van der Waals surface area contributed by atoms with E-state index < -0.39 is 21.8 Å². The summed E-state index contributed by atoms with van der Waals surface area (Å²) in [5.74, 6) is 0.694. The van der Waals surface area contributed by atoms with Crippen molar-refractivity contribution >= 4 is 43.8 Å². The molecule has 1 aliphatic heterocycles. The molecule has 1 aromatic heterocycles. The molecule has 0 bridgehead atoms. The second-order valence-electron chi connectivity index (χ2n) is 8.71. The molecule has 0 spiro atoms. The van der Waals surface area contributed by atoms with E-state index in [9.17, 15) is 26.4 Å². The van der Waals surface area contributed by atoms with Crippen LogP contribution in [0.1, 0.15) is 11.1 Å². The average Bonchev–Trinajstić information content (AvgIpc) is 3.25. The molecule has 0 aliphatic carbocycles. The SMILES string of the molecule is Cn1c(-c2cccc(C(F)(F)F)c2)nc2cc(C3=NN(CCNS(=O)(=O)c4ccccc4)C(=O)SC3)ccc21. The average molecular weight is 574 g/mol. The van der Waals surface area contributed by atoms with Crippen LogP contribution in [-0.2, 0) is 23.2 Å². The van der Waals surface area contributed by atoms with Gasteiger partial charge in [-0.25, -0.2) is 23.1 Å². The number of carbonyl (C=O) groups excluding carboxylic acids is 1. The smallest absolute Gasteiger partial charge is 0.327 e. The number of thioether (sulfide) groups is 1. The first-order chi connectivity index (χ1) is 18.5. The van der Waals surface area contributed by atoms with Gasteiger partial charge in [-0.1, -0.05) is 48.2 Å². The second-order valence-corrected chi connectivity index (χ2v) is 11.4. The van der Waals surface area contributed by atoms with E-state index in [-0.39, 0.29) is 23.2 Å². The summed E-state index contributed by atoms with van der Waals surface area (Å²) in [6, 6.07) is 18.3. The quantitative estimate of drug-likeness (QED) is 0.332.